The van der Waals surface area contributed by atoms with Crippen LogP contribution >= 0.6 is 0 Å². The highest BCUT2D eigenvalue weighted by Gasteiger charge is 2.19. The highest BCUT2D eigenvalue weighted by Crippen LogP contribution is 2.13. The number of carbonyl (C=O) groups is 2. The van der Waals surface area contributed by atoms with Crippen LogP contribution in [0.5, 0.6) is 0 Å². The summed E-state index contributed by atoms with van der Waals surface area (Å²) in [7, 11) is 0. The lowest BCUT2D eigenvalue weighted by Crippen LogP contribution is -2.43. The molecule has 98 valence electrons. The van der Waals surface area contributed by atoms with E-state index in [0.29, 0.717) is 5.56 Å². The second kappa shape index (κ2) is 5.45. The molecule has 0 spiro atoms. The summed E-state index contributed by atoms with van der Waals surface area (Å²) in [4.78, 5) is 26.7. The van der Waals surface area contributed by atoms with Gasteiger partial charge in [0.1, 0.15) is 0 Å². The first-order valence-electron chi connectivity index (χ1n) is 5.61. The molecule has 0 radical (unpaired) electrons. The highest BCUT2D eigenvalue weighted by atomic mass is 16.4. The average Bonchev–Trinajstić information content (AvgIpc) is 2.43. The van der Waals surface area contributed by atoms with Gasteiger partial charge in [-0.15, -0.1) is 0 Å². The Hall–Kier alpha value is -2.47. The summed E-state index contributed by atoms with van der Waals surface area (Å²) in [5.74, 6) is -1.83. The number of hydrogen-bond acceptors (Lipinski definition) is 4. The fourth-order valence-corrected chi connectivity index (χ4v) is 1.64. The molecule has 0 fully saturated rings. The van der Waals surface area contributed by atoms with Crippen LogP contribution in [-0.4, -0.2) is 39.7 Å². The maximum absolute atomic E-state index is 11.9. The molecule has 1 aromatic carbocycles. The van der Waals surface area contributed by atoms with Gasteiger partial charge in [-0.2, -0.15) is 0 Å². The van der Waals surface area contributed by atoms with Crippen molar-refractivity contribution < 1.29 is 19.8 Å². The van der Waals surface area contributed by atoms with Crippen LogP contribution in [0.3, 0.4) is 0 Å². The van der Waals surface area contributed by atoms with Crippen molar-refractivity contribution in [1.29, 1.82) is 0 Å². The molecule has 2 rings (SSSR count). The number of hydrogen-bond donors (Lipinski definition) is 3. The first-order chi connectivity index (χ1) is 9.11. The number of carboxylic acids is 1. The Labute approximate surface area is 108 Å². The van der Waals surface area contributed by atoms with E-state index in [-0.39, 0.29) is 0 Å². The molecule has 2 aromatic rings. The highest BCUT2D eigenvalue weighted by molar-refractivity contribution is 5.99. The zero-order valence-corrected chi connectivity index (χ0v) is 9.91. The third kappa shape index (κ3) is 2.86. The van der Waals surface area contributed by atoms with Crippen molar-refractivity contribution in [2.24, 2.45) is 0 Å². The van der Waals surface area contributed by atoms with Crippen LogP contribution in [0.15, 0.2) is 36.5 Å². The van der Waals surface area contributed by atoms with Crippen molar-refractivity contribution in [3.05, 3.63) is 42.1 Å². The molecular weight excluding hydrogens is 248 g/mol. The van der Waals surface area contributed by atoms with E-state index in [1.54, 1.807) is 36.5 Å². The number of nitrogens with zero attached hydrogens (tertiary/aromatic N) is 1. The Kier molecular flexibility index (Phi) is 3.72. The lowest BCUT2D eigenvalue weighted by molar-refractivity contribution is -0.140. The minimum Gasteiger partial charge on any atom is -0.480 e. The molecule has 6 nitrogen and oxygen atoms in total. The van der Waals surface area contributed by atoms with Crippen molar-refractivity contribution in [3.63, 3.8) is 0 Å². The third-order valence-corrected chi connectivity index (χ3v) is 2.65. The zero-order valence-electron chi connectivity index (χ0n) is 9.91. The van der Waals surface area contributed by atoms with Crippen LogP contribution in [0.25, 0.3) is 10.9 Å². The predicted octanol–water partition coefficient (Wildman–Crippen LogP) is 0.410. The summed E-state index contributed by atoms with van der Waals surface area (Å²) in [5, 5.41) is 20.6. The Bertz CT molecular complexity index is 627. The Morgan fingerprint density at radius 1 is 1.32 bits per heavy atom. The van der Waals surface area contributed by atoms with Gasteiger partial charge >= 0.3 is 5.97 Å². The maximum Gasteiger partial charge on any atom is 0.328 e. The van der Waals surface area contributed by atoms with Gasteiger partial charge in [0.25, 0.3) is 5.91 Å². The molecule has 19 heavy (non-hydrogen) atoms. The molecule has 0 aliphatic rings. The van der Waals surface area contributed by atoms with Crippen molar-refractivity contribution in [2.45, 2.75) is 6.04 Å². The first kappa shape index (κ1) is 13.0. The molecule has 0 saturated carbocycles. The Morgan fingerprint density at radius 3 is 2.79 bits per heavy atom. The van der Waals surface area contributed by atoms with Crippen molar-refractivity contribution in [2.75, 3.05) is 6.61 Å². The number of amides is 1. The summed E-state index contributed by atoms with van der Waals surface area (Å²) < 4.78 is 0. The first-order valence-corrected chi connectivity index (χ1v) is 5.61. The molecule has 1 atom stereocenters. The van der Waals surface area contributed by atoms with Crippen LogP contribution in [-0.2, 0) is 4.79 Å². The molecule has 0 aliphatic carbocycles. The number of aliphatic hydroxyl groups is 1. The van der Waals surface area contributed by atoms with E-state index in [2.05, 4.69) is 10.3 Å². The van der Waals surface area contributed by atoms with E-state index in [0.717, 1.165) is 10.9 Å². The van der Waals surface area contributed by atoms with Gasteiger partial charge in [-0.1, -0.05) is 6.07 Å². The standard InChI is InChI=1S/C13H12N2O4/c16-7-11(13(18)19)15-12(17)9-3-4-10-8(6-9)2-1-5-14-10/h1-6,11,16H,7H2,(H,15,17)(H,18,19)/t11-/m0/s1. The van der Waals surface area contributed by atoms with Crippen LogP contribution in [0.2, 0.25) is 0 Å². The lowest BCUT2D eigenvalue weighted by Gasteiger charge is -2.11. The number of rotatable bonds is 4. The third-order valence-electron chi connectivity index (χ3n) is 2.65. The predicted molar refractivity (Wildman–Crippen MR) is 67.7 cm³/mol. The average molecular weight is 260 g/mol. The molecule has 6 heteroatoms. The maximum atomic E-state index is 11.9. The van der Waals surface area contributed by atoms with Crippen molar-refractivity contribution in [1.82, 2.24) is 10.3 Å². The van der Waals surface area contributed by atoms with Crippen LogP contribution < -0.4 is 5.32 Å². The fraction of sp³-hybridized carbons (Fsp3) is 0.154. The Balaban J connectivity index is 2.24. The molecule has 0 saturated heterocycles. The molecule has 1 amide bonds. The Morgan fingerprint density at radius 2 is 2.11 bits per heavy atom. The number of aliphatic carboxylic acids is 1. The monoisotopic (exact) mass is 260 g/mol. The summed E-state index contributed by atoms with van der Waals surface area (Å²) in [6.45, 7) is -0.657. The number of benzene rings is 1. The van der Waals surface area contributed by atoms with Gasteiger partial charge in [-0.3, -0.25) is 9.78 Å². The van der Waals surface area contributed by atoms with Crippen LogP contribution in [0.4, 0.5) is 0 Å². The smallest absolute Gasteiger partial charge is 0.328 e. The van der Waals surface area contributed by atoms with E-state index in [1.807, 2.05) is 0 Å². The quantitative estimate of drug-likeness (QED) is 0.739. The molecule has 0 bridgehead atoms. The van der Waals surface area contributed by atoms with E-state index in [4.69, 9.17) is 10.2 Å². The van der Waals surface area contributed by atoms with Crippen LogP contribution in [0.1, 0.15) is 10.4 Å². The minimum absolute atomic E-state index is 0.320. The van der Waals surface area contributed by atoms with Gasteiger partial charge in [-0.25, -0.2) is 4.79 Å². The van der Waals surface area contributed by atoms with E-state index in [9.17, 15) is 9.59 Å². The zero-order chi connectivity index (χ0) is 13.8. The lowest BCUT2D eigenvalue weighted by atomic mass is 10.1. The molecule has 1 heterocycles. The van der Waals surface area contributed by atoms with Crippen molar-refractivity contribution in [3.8, 4) is 0 Å². The summed E-state index contributed by atoms with van der Waals surface area (Å²) in [5.41, 5.74) is 1.07. The second-order valence-corrected chi connectivity index (χ2v) is 3.96. The SMILES string of the molecule is O=C(N[C@@H](CO)C(=O)O)c1ccc2ncccc2c1. The fourth-order valence-electron chi connectivity index (χ4n) is 1.64. The van der Waals surface area contributed by atoms with E-state index >= 15 is 0 Å². The minimum atomic E-state index is -1.31. The van der Waals surface area contributed by atoms with Gasteiger partial charge in [-0.05, 0) is 24.3 Å². The number of fused-ring (bicyclic) bond motifs is 1. The number of carbonyl (C=O) groups excluding carboxylic acids is 1. The molecular formula is C13H12N2O4. The summed E-state index contributed by atoms with van der Waals surface area (Å²) >= 11 is 0. The van der Waals surface area contributed by atoms with E-state index < -0.39 is 24.5 Å². The number of aromatic nitrogens is 1. The van der Waals surface area contributed by atoms with Gasteiger partial charge < -0.3 is 15.5 Å². The number of aliphatic hydroxyl groups excluding tert-OH is 1. The van der Waals surface area contributed by atoms with Gasteiger partial charge in [0, 0.05) is 17.1 Å². The van der Waals surface area contributed by atoms with Gasteiger partial charge in [0.05, 0.1) is 12.1 Å². The largest absolute Gasteiger partial charge is 0.480 e. The molecule has 1 aromatic heterocycles. The van der Waals surface area contributed by atoms with Crippen LogP contribution in [0, 0.1) is 0 Å². The number of pyridine rings is 1. The van der Waals surface area contributed by atoms with E-state index in [1.165, 1.54) is 0 Å². The number of nitrogens with one attached hydrogen (secondary N) is 1. The molecule has 0 unspecified atom stereocenters. The topological polar surface area (TPSA) is 99.5 Å². The van der Waals surface area contributed by atoms with Crippen molar-refractivity contribution >= 4 is 22.8 Å². The van der Waals surface area contributed by atoms with Gasteiger partial charge in [0.15, 0.2) is 6.04 Å². The summed E-state index contributed by atoms with van der Waals surface area (Å²) in [6, 6.07) is 7.10. The summed E-state index contributed by atoms with van der Waals surface area (Å²) in [6.07, 6.45) is 1.65. The van der Waals surface area contributed by atoms with Gasteiger partial charge in [0.2, 0.25) is 0 Å². The normalized spacial score (nSPS) is 12.1. The molecule has 3 N–H and O–H groups in total. The molecule has 0 aliphatic heterocycles. The second-order valence-electron chi connectivity index (χ2n) is 3.96. The number of carboxylic acid groups (broad SMARTS) is 1.